The van der Waals surface area contributed by atoms with Crippen LogP contribution in [0.2, 0.25) is 0 Å². The lowest BCUT2D eigenvalue weighted by molar-refractivity contribution is -0.126. The van der Waals surface area contributed by atoms with Crippen LogP contribution in [0, 0.1) is 11.8 Å². The first-order valence-corrected chi connectivity index (χ1v) is 14.6. The summed E-state index contributed by atoms with van der Waals surface area (Å²) in [5.41, 5.74) is 0.908. The van der Waals surface area contributed by atoms with E-state index < -0.39 is 27.9 Å². The van der Waals surface area contributed by atoms with Gasteiger partial charge in [-0.3, -0.25) is 9.59 Å². The molecule has 4 rings (SSSR count). The normalized spacial score (nSPS) is 23.1. The fourth-order valence-corrected chi connectivity index (χ4v) is 7.26. The van der Waals surface area contributed by atoms with E-state index in [1.165, 1.54) is 24.6 Å². The number of benzene rings is 1. The summed E-state index contributed by atoms with van der Waals surface area (Å²) in [4.78, 5) is 33.4. The zero-order chi connectivity index (χ0) is 27.1. The van der Waals surface area contributed by atoms with Crippen molar-refractivity contribution in [2.45, 2.75) is 55.9 Å². The Labute approximate surface area is 223 Å². The van der Waals surface area contributed by atoms with Gasteiger partial charge in [-0.1, -0.05) is 12.8 Å². The Hall–Kier alpha value is -3.12. The average Bonchev–Trinajstić information content (AvgIpc) is 3.59. The van der Waals surface area contributed by atoms with Crippen LogP contribution in [0.1, 0.15) is 44.2 Å². The van der Waals surface area contributed by atoms with Crippen LogP contribution in [0.3, 0.4) is 0 Å². The Morgan fingerprint density at radius 3 is 2.71 bits per heavy atom. The first kappa shape index (κ1) is 27.9. The van der Waals surface area contributed by atoms with Crippen molar-refractivity contribution in [1.82, 2.24) is 24.9 Å². The van der Waals surface area contributed by atoms with E-state index in [-0.39, 0.29) is 41.8 Å². The van der Waals surface area contributed by atoms with Crippen molar-refractivity contribution in [1.29, 1.82) is 0 Å². The molecule has 1 aromatic heterocycles. The lowest BCUT2D eigenvalue weighted by Crippen LogP contribution is -2.47. The number of nitrogens with one attached hydrogen (secondary N) is 3. The number of H-pyrrole nitrogens is 1. The molecule has 208 valence electrons. The number of amides is 2. The van der Waals surface area contributed by atoms with Crippen LogP contribution < -0.4 is 20.1 Å². The van der Waals surface area contributed by atoms with Gasteiger partial charge in [0, 0.05) is 56.0 Å². The fraction of sp³-hybridized carbons (Fsp3) is 0.577. The van der Waals surface area contributed by atoms with Gasteiger partial charge >= 0.3 is 0 Å². The first-order chi connectivity index (χ1) is 18.3. The predicted molar refractivity (Wildman–Crippen MR) is 140 cm³/mol. The molecule has 0 unspecified atom stereocenters. The SMILES string of the molecule is COc1ccc(OC)c(S(=O)(=O)N2CCCCCCNC(=O)[C@@H]3C[C@@H](C(=O)NCCc4cnc[nH]4)C[C@@H]32)c1. The Balaban J connectivity index is 1.62. The Kier molecular flexibility index (Phi) is 9.26. The van der Waals surface area contributed by atoms with E-state index in [9.17, 15) is 18.0 Å². The summed E-state index contributed by atoms with van der Waals surface area (Å²) in [6, 6.07) is 3.99. The number of carbonyl (C=O) groups is 2. The molecule has 12 heteroatoms. The molecule has 0 radical (unpaired) electrons. The highest BCUT2D eigenvalue weighted by molar-refractivity contribution is 7.89. The highest BCUT2D eigenvalue weighted by Crippen LogP contribution is 2.40. The molecule has 0 bridgehead atoms. The highest BCUT2D eigenvalue weighted by atomic mass is 32.2. The Bertz CT molecular complexity index is 1200. The van der Waals surface area contributed by atoms with E-state index in [2.05, 4.69) is 20.6 Å². The Morgan fingerprint density at radius 2 is 1.97 bits per heavy atom. The summed E-state index contributed by atoms with van der Waals surface area (Å²) in [6.07, 6.45) is 7.66. The minimum Gasteiger partial charge on any atom is -0.497 e. The minimum atomic E-state index is -4.08. The van der Waals surface area contributed by atoms with Crippen LogP contribution in [0.25, 0.3) is 0 Å². The maximum Gasteiger partial charge on any atom is 0.247 e. The summed E-state index contributed by atoms with van der Waals surface area (Å²) in [5.74, 6) is -0.909. The molecule has 1 saturated heterocycles. The largest absolute Gasteiger partial charge is 0.497 e. The van der Waals surface area contributed by atoms with Gasteiger partial charge in [0.15, 0.2) is 0 Å². The van der Waals surface area contributed by atoms with Gasteiger partial charge in [-0.15, -0.1) is 0 Å². The number of rotatable bonds is 8. The van der Waals surface area contributed by atoms with Gasteiger partial charge in [0.25, 0.3) is 0 Å². The van der Waals surface area contributed by atoms with Crippen molar-refractivity contribution in [2.75, 3.05) is 33.9 Å². The van der Waals surface area contributed by atoms with Crippen molar-refractivity contribution in [3.63, 3.8) is 0 Å². The van der Waals surface area contributed by atoms with Gasteiger partial charge in [0.05, 0.1) is 26.5 Å². The number of ether oxygens (including phenoxy) is 2. The third-order valence-electron chi connectivity index (χ3n) is 7.42. The smallest absolute Gasteiger partial charge is 0.247 e. The second-order valence-corrected chi connectivity index (χ2v) is 11.7. The molecular weight excluding hydrogens is 510 g/mol. The maximum absolute atomic E-state index is 14.2. The number of carbonyl (C=O) groups excluding carboxylic acids is 2. The number of imidazole rings is 1. The summed E-state index contributed by atoms with van der Waals surface area (Å²) in [5, 5.41) is 5.93. The van der Waals surface area contributed by atoms with Gasteiger partial charge in [0.2, 0.25) is 21.8 Å². The number of nitrogens with zero attached hydrogens (tertiary/aromatic N) is 2. The summed E-state index contributed by atoms with van der Waals surface area (Å²) in [6.45, 7) is 1.22. The molecule has 38 heavy (non-hydrogen) atoms. The van der Waals surface area contributed by atoms with Crippen LogP contribution in [-0.2, 0) is 26.0 Å². The first-order valence-electron chi connectivity index (χ1n) is 13.1. The summed E-state index contributed by atoms with van der Waals surface area (Å²) in [7, 11) is -1.19. The van der Waals surface area contributed by atoms with Crippen molar-refractivity contribution in [3.8, 4) is 11.5 Å². The molecule has 2 heterocycles. The lowest BCUT2D eigenvalue weighted by atomic mass is 10.0. The van der Waals surface area contributed by atoms with Crippen LogP contribution in [-0.4, -0.2) is 74.4 Å². The van der Waals surface area contributed by atoms with Gasteiger partial charge in [0.1, 0.15) is 16.4 Å². The number of hydrogen-bond donors (Lipinski definition) is 3. The van der Waals surface area contributed by atoms with E-state index in [1.807, 2.05) is 0 Å². The van der Waals surface area contributed by atoms with Crippen LogP contribution in [0.15, 0.2) is 35.6 Å². The molecule has 1 aromatic carbocycles. The lowest BCUT2D eigenvalue weighted by Gasteiger charge is -2.32. The number of aromatic amines is 1. The molecule has 1 saturated carbocycles. The molecule has 3 atom stereocenters. The van der Waals surface area contributed by atoms with E-state index in [0.29, 0.717) is 31.7 Å². The molecular formula is C26H37N5O6S. The van der Waals surface area contributed by atoms with Gasteiger partial charge < -0.3 is 25.1 Å². The molecule has 1 aliphatic heterocycles. The second-order valence-electron chi connectivity index (χ2n) is 9.80. The van der Waals surface area contributed by atoms with E-state index in [4.69, 9.17) is 9.47 Å². The van der Waals surface area contributed by atoms with Crippen molar-refractivity contribution in [2.24, 2.45) is 11.8 Å². The predicted octanol–water partition coefficient (Wildman–Crippen LogP) is 1.86. The highest BCUT2D eigenvalue weighted by Gasteiger charge is 2.48. The molecule has 2 aliphatic rings. The monoisotopic (exact) mass is 547 g/mol. The number of aromatic nitrogens is 2. The molecule has 2 amide bonds. The minimum absolute atomic E-state index is 0.0131. The average molecular weight is 548 g/mol. The van der Waals surface area contributed by atoms with Crippen LogP contribution >= 0.6 is 0 Å². The Morgan fingerprint density at radius 1 is 1.16 bits per heavy atom. The molecule has 11 nitrogen and oxygen atoms in total. The molecule has 2 fully saturated rings. The quantitative estimate of drug-likeness (QED) is 0.458. The topological polar surface area (TPSA) is 143 Å². The zero-order valence-corrected chi connectivity index (χ0v) is 22.8. The number of fused-ring (bicyclic) bond motifs is 1. The van der Waals surface area contributed by atoms with E-state index in [1.54, 1.807) is 24.7 Å². The fourth-order valence-electron chi connectivity index (χ4n) is 5.38. The van der Waals surface area contributed by atoms with Crippen LogP contribution in [0.5, 0.6) is 11.5 Å². The van der Waals surface area contributed by atoms with Crippen molar-refractivity contribution < 1.29 is 27.5 Å². The number of sulfonamides is 1. The third kappa shape index (κ3) is 6.29. The van der Waals surface area contributed by atoms with Crippen molar-refractivity contribution in [3.05, 3.63) is 36.4 Å². The number of methoxy groups -OCH3 is 2. The van der Waals surface area contributed by atoms with E-state index >= 15 is 0 Å². The second kappa shape index (κ2) is 12.6. The van der Waals surface area contributed by atoms with Crippen molar-refractivity contribution >= 4 is 21.8 Å². The maximum atomic E-state index is 14.2. The summed E-state index contributed by atoms with van der Waals surface area (Å²) >= 11 is 0. The summed E-state index contributed by atoms with van der Waals surface area (Å²) < 4.78 is 40.4. The third-order valence-corrected chi connectivity index (χ3v) is 9.36. The molecule has 2 aromatic rings. The molecule has 0 spiro atoms. The zero-order valence-electron chi connectivity index (χ0n) is 21.9. The van der Waals surface area contributed by atoms with Gasteiger partial charge in [-0.25, -0.2) is 13.4 Å². The number of hydrogen-bond acceptors (Lipinski definition) is 7. The standard InChI is InChI=1S/C26H37N5O6S/c1-36-20-7-8-23(37-2)24(15-20)38(34,35)31-12-6-4-3-5-10-28-26(33)21-13-18(14-22(21)31)25(32)29-11-9-19-16-27-17-30-19/h7-8,15-18,21-22H,3-6,9-14H2,1-2H3,(H,27,30)(H,28,33)(H,29,32)/t18-,21-,22+/m1/s1. The van der Waals surface area contributed by atoms with E-state index in [0.717, 1.165) is 25.0 Å². The molecule has 3 N–H and O–H groups in total. The molecule has 1 aliphatic carbocycles. The van der Waals surface area contributed by atoms with Gasteiger partial charge in [-0.2, -0.15) is 4.31 Å². The van der Waals surface area contributed by atoms with Crippen LogP contribution in [0.4, 0.5) is 0 Å². The van der Waals surface area contributed by atoms with Gasteiger partial charge in [-0.05, 0) is 37.8 Å².